The van der Waals surface area contributed by atoms with E-state index in [2.05, 4.69) is 128 Å². The van der Waals surface area contributed by atoms with Gasteiger partial charge in [0.15, 0.2) is 0 Å². The molecule has 4 amide bonds. The molecule has 0 aliphatic heterocycles. The van der Waals surface area contributed by atoms with E-state index >= 15 is 0 Å². The lowest BCUT2D eigenvalue weighted by molar-refractivity contribution is 0.0943. The van der Waals surface area contributed by atoms with Gasteiger partial charge in [0.2, 0.25) is 0 Å². The Labute approximate surface area is 797 Å². The van der Waals surface area contributed by atoms with Gasteiger partial charge in [-0.1, -0.05) is 63.3 Å². The molecular formula is C102H107FN24O11. The van der Waals surface area contributed by atoms with Gasteiger partial charge in [-0.2, -0.15) is 0 Å². The fourth-order valence-electron chi connectivity index (χ4n) is 14.6. The van der Waals surface area contributed by atoms with E-state index in [0.717, 1.165) is 107 Å². The second-order valence-electron chi connectivity index (χ2n) is 32.0. The first-order valence-electron chi connectivity index (χ1n) is 43.7. The molecule has 0 saturated heterocycles. The molecule has 8 heterocycles. The van der Waals surface area contributed by atoms with Crippen LogP contribution < -0.4 is 75.7 Å². The van der Waals surface area contributed by atoms with Crippen LogP contribution in [0, 0.1) is 54.3 Å². The molecular weight excluding hydrogens is 1760 g/mol. The average molecular weight is 1860 g/mol. The SMILES string of the molecule is COc1cc(C)cc(Cn2cc(CNC(=O)c3cccnc3Nc3cc(C)cc(OC)c3)nn2)c1.COc1cc(C)cc(Cn2cc(CNC(=O)c3cccnc3Nc3cc(C)ccc3OC)nn2)c1.COc1cc(C)cc(Cn2cc(CNC(=O)c3cccnc3Nc3cc(C)ccc3OC)nn2)c1.COc1cc(C)cc(Cn2cc(CNC(=O)c3cccnc3Nc3cccc(F)c3)nn2)c1. The predicted octanol–water partition coefficient (Wildman–Crippen LogP) is 15.9. The first-order valence-corrected chi connectivity index (χ1v) is 43.7. The highest BCUT2D eigenvalue weighted by atomic mass is 19.1. The Morgan fingerprint density at radius 3 is 0.877 bits per heavy atom. The van der Waals surface area contributed by atoms with Crippen molar-refractivity contribution in [2.75, 3.05) is 71.0 Å². The maximum atomic E-state index is 13.5. The summed E-state index contributed by atoms with van der Waals surface area (Å²) in [5.41, 5.74) is 18.7. The van der Waals surface area contributed by atoms with Crippen LogP contribution in [-0.4, -0.2) is 153 Å². The molecule has 36 heteroatoms. The van der Waals surface area contributed by atoms with Crippen LogP contribution >= 0.6 is 0 Å². The molecule has 0 bridgehead atoms. The zero-order valence-corrected chi connectivity index (χ0v) is 78.9. The second-order valence-corrected chi connectivity index (χ2v) is 32.0. The normalized spacial score (nSPS) is 10.6. The van der Waals surface area contributed by atoms with Gasteiger partial charge in [0.25, 0.3) is 23.6 Å². The number of ether oxygens (including phenoxy) is 7. The van der Waals surface area contributed by atoms with Crippen molar-refractivity contribution in [3.05, 3.63) is 362 Å². The Morgan fingerprint density at radius 2 is 0.580 bits per heavy atom. The minimum atomic E-state index is -0.380. The Morgan fingerprint density at radius 1 is 0.290 bits per heavy atom. The topological polar surface area (TPSA) is 404 Å². The van der Waals surface area contributed by atoms with Gasteiger partial charge in [-0.25, -0.2) is 43.1 Å². The third kappa shape index (κ3) is 28.3. The summed E-state index contributed by atoms with van der Waals surface area (Å²) in [6.45, 7) is 17.1. The fraction of sp³-hybridized carbons (Fsp3) is 0.216. The van der Waals surface area contributed by atoms with Crippen molar-refractivity contribution in [1.29, 1.82) is 0 Å². The molecule has 708 valence electrons. The van der Waals surface area contributed by atoms with E-state index < -0.39 is 0 Å². The van der Waals surface area contributed by atoms with E-state index in [4.69, 9.17) is 33.2 Å². The number of nitrogens with one attached hydrogen (secondary N) is 8. The number of aromatic nitrogens is 16. The van der Waals surface area contributed by atoms with Crippen LogP contribution in [0.4, 0.5) is 50.4 Å². The summed E-state index contributed by atoms with van der Waals surface area (Å²) >= 11 is 0. The first-order chi connectivity index (χ1) is 66.8. The average Bonchev–Trinajstić information content (AvgIpc) is 1.27. The lowest BCUT2D eigenvalue weighted by Gasteiger charge is -2.14. The van der Waals surface area contributed by atoms with Crippen LogP contribution in [0.3, 0.4) is 0 Å². The van der Waals surface area contributed by atoms with Crippen molar-refractivity contribution in [3.63, 3.8) is 0 Å². The Hall–Kier alpha value is -17.5. The van der Waals surface area contributed by atoms with Crippen molar-refractivity contribution >= 4 is 69.6 Å². The monoisotopic (exact) mass is 1860 g/mol. The number of nitrogens with zero attached hydrogens (tertiary/aromatic N) is 16. The quantitative estimate of drug-likeness (QED) is 0.0183. The van der Waals surface area contributed by atoms with Crippen LogP contribution in [-0.2, 0) is 52.4 Å². The number of aryl methyl sites for hydroxylation is 7. The number of carbonyl (C=O) groups excluding carboxylic acids is 4. The molecule has 0 aliphatic carbocycles. The van der Waals surface area contributed by atoms with Crippen LogP contribution in [0.2, 0.25) is 0 Å². The Balaban J connectivity index is 0.000000155. The van der Waals surface area contributed by atoms with Crippen molar-refractivity contribution in [1.82, 2.24) is 101 Å². The minimum Gasteiger partial charge on any atom is -0.497 e. The summed E-state index contributed by atoms with van der Waals surface area (Å²) in [5.74, 6) is 5.38. The number of methoxy groups -OCH3 is 7. The number of pyridine rings is 4. The minimum absolute atomic E-state index is 0.199. The van der Waals surface area contributed by atoms with Gasteiger partial charge >= 0.3 is 0 Å². The number of anilines is 8. The maximum absolute atomic E-state index is 13.5. The number of carbonyl (C=O) groups is 4. The van der Waals surface area contributed by atoms with Crippen LogP contribution in [0.15, 0.2) is 250 Å². The van der Waals surface area contributed by atoms with Crippen LogP contribution in [0.1, 0.15) is 125 Å². The van der Waals surface area contributed by atoms with Crippen LogP contribution in [0.5, 0.6) is 40.2 Å². The molecule has 16 rings (SSSR count). The number of benzene rings is 8. The van der Waals surface area contributed by atoms with Crippen LogP contribution in [0.25, 0.3) is 0 Å². The Bertz CT molecular complexity index is 6700. The summed E-state index contributed by atoms with van der Waals surface area (Å²) in [6, 6.07) is 60.9. The zero-order valence-electron chi connectivity index (χ0n) is 78.9. The van der Waals surface area contributed by atoms with Gasteiger partial charge in [-0.05, 0) is 261 Å². The predicted molar refractivity (Wildman–Crippen MR) is 522 cm³/mol. The van der Waals surface area contributed by atoms with Crippen molar-refractivity contribution < 1.29 is 56.7 Å². The highest BCUT2D eigenvalue weighted by Crippen LogP contribution is 2.33. The highest BCUT2D eigenvalue weighted by Gasteiger charge is 2.22. The summed E-state index contributed by atoms with van der Waals surface area (Å²) in [5, 5.41) is 57.6. The van der Waals surface area contributed by atoms with Gasteiger partial charge in [0, 0.05) is 42.2 Å². The van der Waals surface area contributed by atoms with Gasteiger partial charge in [0.1, 0.15) is 92.1 Å². The van der Waals surface area contributed by atoms with E-state index in [1.54, 1.807) is 160 Å². The summed E-state index contributed by atoms with van der Waals surface area (Å²) in [4.78, 5) is 68.9. The summed E-state index contributed by atoms with van der Waals surface area (Å²) in [6.07, 6.45) is 13.7. The third-order valence-electron chi connectivity index (χ3n) is 20.9. The molecule has 35 nitrogen and oxygen atoms in total. The lowest BCUT2D eigenvalue weighted by atomic mass is 10.1. The van der Waals surface area contributed by atoms with E-state index in [9.17, 15) is 23.6 Å². The number of hydrogen-bond acceptors (Lipinski definition) is 27. The molecule has 0 fully saturated rings. The van der Waals surface area contributed by atoms with E-state index in [1.165, 1.54) is 12.1 Å². The summed E-state index contributed by atoms with van der Waals surface area (Å²) < 4.78 is 57.9. The van der Waals surface area contributed by atoms with E-state index in [1.807, 2.05) is 170 Å². The largest absolute Gasteiger partial charge is 0.497 e. The standard InChI is InChI=1S/3C26H28N6O3.C24H23FN6O2/c2*1-17-7-8-24(35-4)23(12-17)29-25-22(6-5-9-27-25)26(33)28-14-20-16-32(31-30-20)15-19-10-18(2)11-21(13-19)34-3;1-17-8-19(12-22(10-17)34-3)15-32-16-21(30-31-32)14-28-26(33)24-6-5-7-27-25(24)29-20-9-18(2)11-23(13-20)35-4;1-16-9-17(11-21(10-16)33-2)14-31-15-20(29-30-31)13-27-24(32)22-7-4-8-26-23(22)28-19-6-3-5-18(25)12-19/h3*5-13,16H,14-15H2,1-4H3,(H,27,29)(H,28,33);3-12,15H,13-14H2,1-2H3,(H,26,28)(H,27,32). The van der Waals surface area contributed by atoms with Crippen molar-refractivity contribution in [3.8, 4) is 40.2 Å². The maximum Gasteiger partial charge on any atom is 0.255 e. The molecule has 8 N–H and O–H groups in total. The molecule has 0 radical (unpaired) electrons. The molecule has 0 saturated carbocycles. The van der Waals surface area contributed by atoms with E-state index in [-0.39, 0.29) is 55.6 Å². The molecule has 0 unspecified atom stereocenters. The fourth-order valence-corrected chi connectivity index (χ4v) is 14.6. The van der Waals surface area contributed by atoms with Crippen molar-refractivity contribution in [2.45, 2.75) is 101 Å². The molecule has 0 aliphatic rings. The molecule has 0 spiro atoms. The van der Waals surface area contributed by atoms with Gasteiger partial charge in [-0.15, -0.1) is 20.4 Å². The molecule has 16 aromatic rings. The number of hydrogen-bond donors (Lipinski definition) is 8. The molecule has 138 heavy (non-hydrogen) atoms. The van der Waals surface area contributed by atoms with E-state index in [0.29, 0.717) is 112 Å². The summed E-state index contributed by atoms with van der Waals surface area (Å²) in [7, 11) is 11.4. The van der Waals surface area contributed by atoms with Gasteiger partial charge in [-0.3, -0.25) is 19.2 Å². The number of halogens is 1. The highest BCUT2D eigenvalue weighted by molar-refractivity contribution is 6.01. The molecule has 0 atom stereocenters. The molecule has 8 aromatic carbocycles. The second kappa shape index (κ2) is 47.8. The number of rotatable bonds is 35. The third-order valence-corrected chi connectivity index (χ3v) is 20.9. The van der Waals surface area contributed by atoms with Gasteiger partial charge < -0.3 is 75.7 Å². The van der Waals surface area contributed by atoms with Gasteiger partial charge in [0.05, 0.1) is 161 Å². The zero-order chi connectivity index (χ0) is 97.6. The first kappa shape index (κ1) is 98.0. The smallest absolute Gasteiger partial charge is 0.255 e. The van der Waals surface area contributed by atoms with Crippen molar-refractivity contribution in [2.24, 2.45) is 0 Å². The molecule has 8 aromatic heterocycles. The number of amides is 4. The Kier molecular flexibility index (Phi) is 33.9. The lowest BCUT2D eigenvalue weighted by Crippen LogP contribution is -2.24.